The van der Waals surface area contributed by atoms with Crippen molar-refractivity contribution in [3.63, 3.8) is 0 Å². The van der Waals surface area contributed by atoms with Crippen molar-refractivity contribution in [2.24, 2.45) is 0 Å². The Morgan fingerprint density at radius 1 is 1.80 bits per heavy atom. The standard InChI is InChI=1S/C4H7.Li/c1-3-4-2;/h1,4H2,2H3;/q-1;+1. The Labute approximate surface area is 45.4 Å². The van der Waals surface area contributed by atoms with Gasteiger partial charge < -0.3 is 6.08 Å². The molecule has 0 spiro atoms. The van der Waals surface area contributed by atoms with E-state index in [-0.39, 0.29) is 18.9 Å². The molecule has 0 rings (SSSR count). The number of hydrogen-bond donors (Lipinski definition) is 0. The molecular formula is C4H7Li. The van der Waals surface area contributed by atoms with E-state index in [4.69, 9.17) is 0 Å². The van der Waals surface area contributed by atoms with E-state index in [1.54, 1.807) is 0 Å². The van der Waals surface area contributed by atoms with Crippen molar-refractivity contribution < 1.29 is 18.9 Å². The van der Waals surface area contributed by atoms with Gasteiger partial charge in [-0.3, -0.25) is 6.58 Å². The first-order valence-electron chi connectivity index (χ1n) is 1.41. The summed E-state index contributed by atoms with van der Waals surface area (Å²) < 4.78 is 0. The minimum absolute atomic E-state index is 0. The van der Waals surface area contributed by atoms with Crippen molar-refractivity contribution in [1.82, 2.24) is 0 Å². The summed E-state index contributed by atoms with van der Waals surface area (Å²) >= 11 is 0. The van der Waals surface area contributed by atoms with Crippen LogP contribution in [0.2, 0.25) is 0 Å². The average Bonchev–Trinajstić information content (AvgIpc) is 1.37. The van der Waals surface area contributed by atoms with Gasteiger partial charge in [-0.25, -0.2) is 0 Å². The van der Waals surface area contributed by atoms with E-state index in [9.17, 15) is 0 Å². The van der Waals surface area contributed by atoms with Gasteiger partial charge in [0.15, 0.2) is 0 Å². The van der Waals surface area contributed by atoms with Gasteiger partial charge >= 0.3 is 18.9 Å². The van der Waals surface area contributed by atoms with Crippen LogP contribution < -0.4 is 18.9 Å². The molecule has 0 aromatic carbocycles. The molecule has 0 saturated heterocycles. The molecule has 0 aromatic rings. The molecular weight excluding hydrogens is 55.0 g/mol. The van der Waals surface area contributed by atoms with Crippen molar-refractivity contribution in [2.75, 3.05) is 0 Å². The Balaban J connectivity index is 0. The molecule has 0 aliphatic rings. The molecule has 1 heteroatoms. The molecule has 0 amide bonds. The van der Waals surface area contributed by atoms with Crippen LogP contribution in [-0.2, 0) is 0 Å². The van der Waals surface area contributed by atoms with Crippen molar-refractivity contribution in [2.45, 2.75) is 13.3 Å². The normalized spacial score (nSPS) is 5.00. The summed E-state index contributed by atoms with van der Waals surface area (Å²) in [6.45, 7) is 5.36. The fraction of sp³-hybridized carbons (Fsp3) is 0.500. The minimum atomic E-state index is 0. The third-order valence-corrected chi connectivity index (χ3v) is 0.250. The second-order valence-electron chi connectivity index (χ2n) is 0.604. The first kappa shape index (κ1) is 9.02. The molecule has 24 valence electrons. The van der Waals surface area contributed by atoms with Crippen LogP contribution in [0.4, 0.5) is 0 Å². The van der Waals surface area contributed by atoms with Gasteiger partial charge in [-0.05, 0) is 0 Å². The fourth-order valence-corrected chi connectivity index (χ4v) is 0. The first-order valence-corrected chi connectivity index (χ1v) is 1.41. The van der Waals surface area contributed by atoms with Gasteiger partial charge in [0.1, 0.15) is 0 Å². The maximum Gasteiger partial charge on any atom is 1.00 e. The minimum Gasteiger partial charge on any atom is -0.504 e. The number of allylic oxidation sites excluding steroid dienone is 1. The van der Waals surface area contributed by atoms with Gasteiger partial charge in [-0.1, -0.05) is 6.92 Å². The molecule has 0 nitrogen and oxygen atoms in total. The van der Waals surface area contributed by atoms with E-state index in [1.807, 2.05) is 6.92 Å². The molecule has 0 unspecified atom stereocenters. The Kier molecular flexibility index (Phi) is 15.9. The molecule has 0 fully saturated rings. The maximum absolute atomic E-state index is 3.35. The molecule has 0 radical (unpaired) electrons. The Morgan fingerprint density at radius 2 is 2.00 bits per heavy atom. The van der Waals surface area contributed by atoms with Crippen molar-refractivity contribution in [3.8, 4) is 0 Å². The molecule has 0 bridgehead atoms. The average molecular weight is 62.0 g/mol. The van der Waals surface area contributed by atoms with Crippen LogP contribution in [0.5, 0.6) is 0 Å². The van der Waals surface area contributed by atoms with E-state index in [1.165, 1.54) is 0 Å². The van der Waals surface area contributed by atoms with Crippen molar-refractivity contribution in [1.29, 1.82) is 0 Å². The number of rotatable bonds is 1. The zero-order chi connectivity index (χ0) is 3.41. The molecule has 0 N–H and O–H groups in total. The second-order valence-corrected chi connectivity index (χ2v) is 0.604. The first-order chi connectivity index (χ1) is 1.91. The van der Waals surface area contributed by atoms with E-state index >= 15 is 0 Å². The SMILES string of the molecule is C=[C-]CC.[Li+]. The van der Waals surface area contributed by atoms with Gasteiger partial charge in [0.2, 0.25) is 0 Å². The van der Waals surface area contributed by atoms with Gasteiger partial charge in [0, 0.05) is 0 Å². The van der Waals surface area contributed by atoms with Crippen LogP contribution in [0.25, 0.3) is 0 Å². The van der Waals surface area contributed by atoms with Crippen LogP contribution in [0.1, 0.15) is 13.3 Å². The summed E-state index contributed by atoms with van der Waals surface area (Å²) in [7, 11) is 0. The Bertz CT molecular complexity index is 17.6. The van der Waals surface area contributed by atoms with Crippen LogP contribution >= 0.6 is 0 Å². The molecule has 0 aromatic heterocycles. The monoisotopic (exact) mass is 62.1 g/mol. The smallest absolute Gasteiger partial charge is 0.504 e. The van der Waals surface area contributed by atoms with Gasteiger partial charge in [-0.15, -0.1) is 0 Å². The predicted molar refractivity (Wildman–Crippen MR) is 19.2 cm³/mol. The Hall–Kier alpha value is 0.337. The van der Waals surface area contributed by atoms with Crippen molar-refractivity contribution >= 4 is 0 Å². The Morgan fingerprint density at radius 3 is 2.00 bits per heavy atom. The maximum atomic E-state index is 3.35. The van der Waals surface area contributed by atoms with Gasteiger partial charge in [-0.2, -0.15) is 6.42 Å². The van der Waals surface area contributed by atoms with E-state index in [0.717, 1.165) is 6.42 Å². The third kappa shape index (κ3) is 13.2. The van der Waals surface area contributed by atoms with E-state index in [2.05, 4.69) is 12.7 Å². The number of hydrogen-bond acceptors (Lipinski definition) is 0. The molecule has 0 atom stereocenters. The zero-order valence-electron chi connectivity index (χ0n) is 3.91. The molecule has 0 aliphatic heterocycles. The molecule has 0 saturated carbocycles. The van der Waals surface area contributed by atoms with Crippen LogP contribution in [0.15, 0.2) is 6.58 Å². The molecule has 0 aliphatic carbocycles. The summed E-state index contributed by atoms with van der Waals surface area (Å²) in [5, 5.41) is 0. The quantitative estimate of drug-likeness (QED) is 0.253. The molecule has 5 heavy (non-hydrogen) atoms. The van der Waals surface area contributed by atoms with Gasteiger partial charge in [0.05, 0.1) is 0 Å². The van der Waals surface area contributed by atoms with E-state index in [0.29, 0.717) is 0 Å². The van der Waals surface area contributed by atoms with Crippen LogP contribution in [-0.4, -0.2) is 0 Å². The van der Waals surface area contributed by atoms with E-state index < -0.39 is 0 Å². The zero-order valence-corrected chi connectivity index (χ0v) is 3.91. The summed E-state index contributed by atoms with van der Waals surface area (Å²) in [5.74, 6) is 0. The predicted octanol–water partition coefficient (Wildman–Crippen LogP) is -1.61. The van der Waals surface area contributed by atoms with Crippen LogP contribution in [0, 0.1) is 6.08 Å². The topological polar surface area (TPSA) is 0 Å². The summed E-state index contributed by atoms with van der Waals surface area (Å²) in [5.41, 5.74) is 0. The largest absolute Gasteiger partial charge is 1.00 e. The summed E-state index contributed by atoms with van der Waals surface area (Å²) in [6.07, 6.45) is 3.64. The second kappa shape index (κ2) is 8.84. The molecule has 0 heterocycles. The van der Waals surface area contributed by atoms with Crippen LogP contribution in [0.3, 0.4) is 0 Å². The third-order valence-electron chi connectivity index (χ3n) is 0.250. The van der Waals surface area contributed by atoms with Crippen molar-refractivity contribution in [3.05, 3.63) is 12.7 Å². The van der Waals surface area contributed by atoms with Gasteiger partial charge in [0.25, 0.3) is 0 Å². The summed E-state index contributed by atoms with van der Waals surface area (Å²) in [6, 6.07) is 0. The summed E-state index contributed by atoms with van der Waals surface area (Å²) in [4.78, 5) is 0. The fourth-order valence-electron chi connectivity index (χ4n) is 0.